The average molecular weight is 505 g/mol. The molecular weight excluding hydrogens is 457 g/mol. The van der Waals surface area contributed by atoms with Crippen LogP contribution in [0.15, 0.2) is 34.4 Å². The first-order valence-electron chi connectivity index (χ1n) is 11.4. The van der Waals surface area contributed by atoms with E-state index in [4.69, 9.17) is 0 Å². The molecule has 0 amide bonds. The molecule has 0 unspecified atom stereocenters. The zero-order valence-electron chi connectivity index (χ0n) is 22.6. The van der Waals surface area contributed by atoms with Gasteiger partial charge < -0.3 is 0 Å². The topological polar surface area (TPSA) is 0 Å². The summed E-state index contributed by atoms with van der Waals surface area (Å²) in [6.45, 7) is 32.4. The quantitative estimate of drug-likeness (QED) is 0.358. The van der Waals surface area contributed by atoms with Crippen molar-refractivity contribution in [2.45, 2.75) is 93.9 Å². The van der Waals surface area contributed by atoms with Crippen molar-refractivity contribution in [3.63, 3.8) is 0 Å². The van der Waals surface area contributed by atoms with Gasteiger partial charge in [0, 0.05) is 5.92 Å². The van der Waals surface area contributed by atoms with Crippen LogP contribution in [0.25, 0.3) is 0 Å². The summed E-state index contributed by atoms with van der Waals surface area (Å²) in [5, 5.41) is 1.42. The molecule has 0 saturated heterocycles. The van der Waals surface area contributed by atoms with Crippen LogP contribution < -0.4 is 5.30 Å². The summed E-state index contributed by atoms with van der Waals surface area (Å²) in [4.78, 5) is 0. The van der Waals surface area contributed by atoms with Gasteiger partial charge in [0.25, 0.3) is 0 Å². The summed E-state index contributed by atoms with van der Waals surface area (Å²) >= 11 is 4.55. The van der Waals surface area contributed by atoms with Crippen molar-refractivity contribution < 1.29 is 14.8 Å². The SMILES string of the molecule is CC(C)c1cc(C(C)C)c([P]=[Co])c(C(C)C)c1.CP(C)C.C[C]1C(C)=C(C)C(C)=C1C. The minimum absolute atomic E-state index is 0.380. The maximum Gasteiger partial charge on any atom is 0.0226 e. The molecule has 0 aromatic heterocycles. The van der Waals surface area contributed by atoms with Crippen LogP contribution >= 0.6 is 14.8 Å². The van der Waals surface area contributed by atoms with Crippen molar-refractivity contribution in [1.29, 1.82) is 0 Å². The molecule has 0 heterocycles. The number of benzene rings is 1. The second-order valence-electron chi connectivity index (χ2n) is 10.1. The number of rotatable bonds is 4. The van der Waals surface area contributed by atoms with Crippen LogP contribution in [-0.4, -0.2) is 20.0 Å². The Bertz CT molecular complexity index is 739. The fraction of sp³-hybridized carbons (Fsp3) is 0.607. The first kappa shape index (κ1) is 30.9. The zero-order valence-corrected chi connectivity index (χ0v) is 25.4. The molecule has 178 valence electrons. The molecule has 1 radical (unpaired) electrons. The van der Waals surface area contributed by atoms with Crippen LogP contribution in [-0.2, 0) is 14.8 Å². The number of hydrogen-bond donors (Lipinski definition) is 0. The Morgan fingerprint density at radius 1 is 0.645 bits per heavy atom. The van der Waals surface area contributed by atoms with Gasteiger partial charge in [-0.1, -0.05) is 18.1 Å². The largest absolute Gasteiger partial charge is 0.116 e. The van der Waals surface area contributed by atoms with Gasteiger partial charge in [0.15, 0.2) is 0 Å². The predicted molar refractivity (Wildman–Crippen MR) is 146 cm³/mol. The molecule has 0 aliphatic heterocycles. The van der Waals surface area contributed by atoms with Gasteiger partial charge >= 0.3 is 115 Å². The molecule has 0 saturated carbocycles. The first-order chi connectivity index (χ1) is 14.2. The van der Waals surface area contributed by atoms with E-state index in [0.717, 1.165) is 6.87 Å². The van der Waals surface area contributed by atoms with Gasteiger partial charge in [-0.05, 0) is 58.8 Å². The van der Waals surface area contributed by atoms with E-state index in [2.05, 4.69) is 123 Å². The Morgan fingerprint density at radius 3 is 1.13 bits per heavy atom. The average Bonchev–Trinajstić information content (AvgIpc) is 2.84. The van der Waals surface area contributed by atoms with Crippen molar-refractivity contribution in [2.24, 2.45) is 0 Å². The van der Waals surface area contributed by atoms with Crippen LogP contribution in [0.4, 0.5) is 0 Å². The fourth-order valence-corrected chi connectivity index (χ4v) is 5.03. The summed E-state index contributed by atoms with van der Waals surface area (Å²) in [5.74, 6) is 3.20. The second-order valence-corrected chi connectivity index (χ2v) is 14.0. The molecule has 1 aromatic carbocycles. The Labute approximate surface area is 205 Å². The molecule has 0 fully saturated rings. The second kappa shape index (κ2) is 14.3. The van der Waals surface area contributed by atoms with Crippen LogP contribution in [0.5, 0.6) is 0 Å². The van der Waals surface area contributed by atoms with E-state index in [-0.39, 0.29) is 0 Å². The molecule has 2 rings (SSSR count). The van der Waals surface area contributed by atoms with E-state index in [1.807, 2.05) is 0 Å². The summed E-state index contributed by atoms with van der Waals surface area (Å²) in [7, 11) is 0.380. The maximum absolute atomic E-state index is 4.55. The van der Waals surface area contributed by atoms with Gasteiger partial charge in [0.2, 0.25) is 0 Å². The summed E-state index contributed by atoms with van der Waals surface area (Å²) in [6, 6.07) is 4.75. The fourth-order valence-electron chi connectivity index (χ4n) is 3.41. The van der Waals surface area contributed by atoms with E-state index in [9.17, 15) is 0 Å². The van der Waals surface area contributed by atoms with Crippen LogP contribution in [0.1, 0.15) is 111 Å². The summed E-state index contributed by atoms with van der Waals surface area (Å²) < 4.78 is 0. The molecule has 0 atom stereocenters. The van der Waals surface area contributed by atoms with Crippen molar-refractivity contribution in [3.8, 4) is 0 Å². The molecule has 31 heavy (non-hydrogen) atoms. The van der Waals surface area contributed by atoms with E-state index < -0.39 is 0 Å². The molecule has 3 heteroatoms. The molecule has 1 aliphatic carbocycles. The minimum Gasteiger partial charge on any atom is -0.116 e. The Balaban J connectivity index is 0.000000540. The summed E-state index contributed by atoms with van der Waals surface area (Å²) in [6.07, 6.45) is 0. The van der Waals surface area contributed by atoms with E-state index in [0.29, 0.717) is 25.7 Å². The molecule has 0 spiro atoms. The maximum atomic E-state index is 4.55. The monoisotopic (exact) mass is 504 g/mol. The Kier molecular flexibility index (Phi) is 14.2. The van der Waals surface area contributed by atoms with Gasteiger partial charge in [-0.3, -0.25) is 0 Å². The Morgan fingerprint density at radius 2 is 0.968 bits per heavy atom. The third-order valence-electron chi connectivity index (χ3n) is 5.99. The molecular formula is C28H47CoP2. The normalized spacial score (nSPS) is 14.7. The molecule has 0 N–H and O–H groups in total. The van der Waals surface area contributed by atoms with Gasteiger partial charge in [-0.15, -0.1) is 7.92 Å². The van der Waals surface area contributed by atoms with Crippen LogP contribution in [0.3, 0.4) is 0 Å². The van der Waals surface area contributed by atoms with Crippen LogP contribution in [0, 0.1) is 5.92 Å². The number of hydrogen-bond acceptors (Lipinski definition) is 0. The van der Waals surface area contributed by atoms with E-state index >= 15 is 0 Å². The first-order valence-corrected chi connectivity index (χ1v) is 16.3. The zero-order chi connectivity index (χ0) is 24.6. The van der Waals surface area contributed by atoms with Gasteiger partial charge in [0.1, 0.15) is 0 Å². The molecule has 1 aliphatic rings. The number of allylic oxidation sites excluding steroid dienone is 4. The van der Waals surface area contributed by atoms with Gasteiger partial charge in [-0.2, -0.15) is 0 Å². The van der Waals surface area contributed by atoms with E-state index in [1.54, 1.807) is 0 Å². The van der Waals surface area contributed by atoms with Crippen molar-refractivity contribution in [3.05, 3.63) is 57.0 Å². The van der Waals surface area contributed by atoms with Crippen LogP contribution in [0.2, 0.25) is 0 Å². The third kappa shape index (κ3) is 9.37. The van der Waals surface area contributed by atoms with Crippen molar-refractivity contribution in [1.82, 2.24) is 0 Å². The smallest absolute Gasteiger partial charge is 0.0226 e. The van der Waals surface area contributed by atoms with Gasteiger partial charge in [0.05, 0.1) is 0 Å². The van der Waals surface area contributed by atoms with E-state index in [1.165, 1.54) is 50.2 Å². The third-order valence-corrected chi connectivity index (χ3v) is 7.35. The van der Waals surface area contributed by atoms with Crippen molar-refractivity contribution in [2.75, 3.05) is 20.0 Å². The Hall–Kier alpha value is -0.0635. The van der Waals surface area contributed by atoms with Gasteiger partial charge in [-0.25, -0.2) is 0 Å². The summed E-state index contributed by atoms with van der Waals surface area (Å²) in [5.41, 5.74) is 10.3. The molecule has 1 aromatic rings. The predicted octanol–water partition coefficient (Wildman–Crippen LogP) is 9.71. The minimum atomic E-state index is 0.380. The molecule has 0 bridgehead atoms. The standard InChI is InChI=1S/C15H23P.C10H15.C3H9P.Co/c1-9(2)12-7-13(10(3)4)15(16)14(8-12)11(5)6;1-6-7(2)9(4)10(5)8(6)3;1-4(2)3;/h7-11H,1-6H3;1-5H3;1-3H3;. The van der Waals surface area contributed by atoms with Crippen molar-refractivity contribution >= 4 is 20.1 Å². The molecule has 0 nitrogen and oxygen atoms in total.